The summed E-state index contributed by atoms with van der Waals surface area (Å²) in [5, 5.41) is 10.1. The first-order valence-electron chi connectivity index (χ1n) is 7.04. The fourth-order valence-electron chi connectivity index (χ4n) is 2.34. The van der Waals surface area contributed by atoms with Crippen molar-refractivity contribution in [3.8, 4) is 0 Å². The molecule has 0 aromatic carbocycles. The van der Waals surface area contributed by atoms with E-state index >= 15 is 0 Å². The predicted octanol–water partition coefficient (Wildman–Crippen LogP) is 1.73. The summed E-state index contributed by atoms with van der Waals surface area (Å²) in [6, 6.07) is 5.84. The number of hydrogen-bond acceptors (Lipinski definition) is 5. The maximum absolute atomic E-state index is 11.9. The van der Waals surface area contributed by atoms with Crippen molar-refractivity contribution in [3.05, 3.63) is 40.7 Å². The van der Waals surface area contributed by atoms with Gasteiger partial charge in [0.2, 0.25) is 5.91 Å². The van der Waals surface area contributed by atoms with Crippen molar-refractivity contribution in [2.75, 3.05) is 36.4 Å². The molecule has 1 fully saturated rings. The largest absolute Gasteiger partial charge is 0.368 e. The molecule has 21 heavy (non-hydrogen) atoms. The van der Waals surface area contributed by atoms with Crippen molar-refractivity contribution < 1.29 is 4.79 Å². The molecule has 1 amide bonds. The Kier molecular flexibility index (Phi) is 4.47. The van der Waals surface area contributed by atoms with Crippen molar-refractivity contribution >= 4 is 28.7 Å². The zero-order valence-corrected chi connectivity index (χ0v) is 12.5. The number of hydrogen-bond donors (Lipinski definition) is 2. The van der Waals surface area contributed by atoms with Crippen LogP contribution in [0, 0.1) is 0 Å². The monoisotopic (exact) mass is 302 g/mol. The van der Waals surface area contributed by atoms with Crippen LogP contribution in [0.3, 0.4) is 0 Å². The number of aromatic nitrogens is 1. The minimum atomic E-state index is -0.0316. The van der Waals surface area contributed by atoms with Gasteiger partial charge in [-0.05, 0) is 34.5 Å². The van der Waals surface area contributed by atoms with Gasteiger partial charge in [0.15, 0.2) is 0 Å². The Hall–Kier alpha value is -1.92. The summed E-state index contributed by atoms with van der Waals surface area (Å²) >= 11 is 1.60. The molecule has 1 aliphatic heterocycles. The zero-order chi connectivity index (χ0) is 14.5. The Morgan fingerprint density at radius 2 is 2.19 bits per heavy atom. The molecule has 6 heteroatoms. The molecule has 5 nitrogen and oxygen atoms in total. The lowest BCUT2D eigenvalue weighted by molar-refractivity contribution is -0.115. The molecule has 0 atom stereocenters. The first-order valence-corrected chi connectivity index (χ1v) is 7.98. The molecule has 2 aromatic heterocycles. The zero-order valence-electron chi connectivity index (χ0n) is 11.7. The van der Waals surface area contributed by atoms with Crippen LogP contribution in [-0.4, -0.2) is 37.1 Å². The minimum Gasteiger partial charge on any atom is -0.368 e. The summed E-state index contributed by atoms with van der Waals surface area (Å²) in [7, 11) is 0. The molecule has 3 heterocycles. The van der Waals surface area contributed by atoms with Crippen molar-refractivity contribution in [2.45, 2.75) is 6.42 Å². The van der Waals surface area contributed by atoms with Gasteiger partial charge in [0, 0.05) is 26.2 Å². The van der Waals surface area contributed by atoms with Gasteiger partial charge in [-0.2, -0.15) is 11.3 Å². The van der Waals surface area contributed by atoms with Crippen molar-refractivity contribution in [3.63, 3.8) is 0 Å². The Morgan fingerprint density at radius 1 is 1.33 bits per heavy atom. The van der Waals surface area contributed by atoms with Crippen LogP contribution in [0.4, 0.5) is 11.5 Å². The molecule has 0 spiro atoms. The van der Waals surface area contributed by atoms with E-state index in [4.69, 9.17) is 0 Å². The maximum atomic E-state index is 11.9. The quantitative estimate of drug-likeness (QED) is 0.903. The molecular weight excluding hydrogens is 284 g/mol. The molecule has 0 saturated carbocycles. The molecule has 1 aliphatic rings. The molecule has 0 bridgehead atoms. The summed E-state index contributed by atoms with van der Waals surface area (Å²) in [6.07, 6.45) is 2.22. The third-order valence-electron chi connectivity index (χ3n) is 3.44. The first-order chi connectivity index (χ1) is 10.3. The highest BCUT2D eigenvalue weighted by Gasteiger charge is 2.11. The van der Waals surface area contributed by atoms with Crippen LogP contribution >= 0.6 is 11.3 Å². The van der Waals surface area contributed by atoms with Crippen LogP contribution < -0.4 is 15.5 Å². The maximum Gasteiger partial charge on any atom is 0.229 e. The van der Waals surface area contributed by atoms with E-state index in [9.17, 15) is 4.79 Å². The lowest BCUT2D eigenvalue weighted by Crippen LogP contribution is -2.43. The van der Waals surface area contributed by atoms with E-state index < -0.39 is 0 Å². The number of thiophene rings is 1. The SMILES string of the molecule is O=C(Cc1ccsc1)Nc1ccc(N2CCNCC2)cn1. The molecule has 3 rings (SSSR count). The van der Waals surface area contributed by atoms with Crippen LogP contribution in [0.2, 0.25) is 0 Å². The smallest absolute Gasteiger partial charge is 0.229 e. The van der Waals surface area contributed by atoms with Gasteiger partial charge in [0.05, 0.1) is 18.3 Å². The summed E-state index contributed by atoms with van der Waals surface area (Å²) in [6.45, 7) is 3.98. The summed E-state index contributed by atoms with van der Waals surface area (Å²) < 4.78 is 0. The minimum absolute atomic E-state index is 0.0316. The average Bonchev–Trinajstić information content (AvgIpc) is 3.02. The molecule has 0 aliphatic carbocycles. The van der Waals surface area contributed by atoms with E-state index in [0.717, 1.165) is 37.4 Å². The summed E-state index contributed by atoms with van der Waals surface area (Å²) in [4.78, 5) is 18.5. The van der Waals surface area contributed by atoms with E-state index in [1.807, 2.05) is 35.2 Å². The first kappa shape index (κ1) is 14.0. The van der Waals surface area contributed by atoms with Gasteiger partial charge in [-0.1, -0.05) is 0 Å². The van der Waals surface area contributed by atoms with Gasteiger partial charge in [-0.15, -0.1) is 0 Å². The second kappa shape index (κ2) is 6.69. The lowest BCUT2D eigenvalue weighted by Gasteiger charge is -2.29. The molecule has 0 radical (unpaired) electrons. The fourth-order valence-corrected chi connectivity index (χ4v) is 3.00. The molecule has 0 unspecified atom stereocenters. The number of carbonyl (C=O) groups is 1. The van der Waals surface area contributed by atoms with Crippen LogP contribution in [0.1, 0.15) is 5.56 Å². The number of carbonyl (C=O) groups excluding carboxylic acids is 1. The lowest BCUT2D eigenvalue weighted by atomic mass is 10.2. The van der Waals surface area contributed by atoms with Crippen LogP contribution in [0.25, 0.3) is 0 Å². The normalized spacial score (nSPS) is 15.0. The summed E-state index contributed by atoms with van der Waals surface area (Å²) in [5.41, 5.74) is 2.14. The van der Waals surface area contributed by atoms with Gasteiger partial charge in [0.25, 0.3) is 0 Å². The van der Waals surface area contributed by atoms with Crippen LogP contribution in [0.15, 0.2) is 35.2 Å². The van der Waals surface area contributed by atoms with Gasteiger partial charge in [-0.3, -0.25) is 4.79 Å². The fraction of sp³-hybridized carbons (Fsp3) is 0.333. The molecule has 1 saturated heterocycles. The van der Waals surface area contributed by atoms with E-state index in [1.54, 1.807) is 11.3 Å². The molecular formula is C15H18N4OS. The van der Waals surface area contributed by atoms with Crippen molar-refractivity contribution in [1.82, 2.24) is 10.3 Å². The Bertz CT molecular complexity index is 576. The van der Waals surface area contributed by atoms with Crippen LogP contribution in [-0.2, 0) is 11.2 Å². The Morgan fingerprint density at radius 3 is 2.86 bits per heavy atom. The van der Waals surface area contributed by atoms with Gasteiger partial charge < -0.3 is 15.5 Å². The van der Waals surface area contributed by atoms with Crippen LogP contribution in [0.5, 0.6) is 0 Å². The Labute approximate surface area is 128 Å². The van der Waals surface area contributed by atoms with Gasteiger partial charge in [-0.25, -0.2) is 4.98 Å². The molecule has 2 aromatic rings. The van der Waals surface area contributed by atoms with Gasteiger partial charge >= 0.3 is 0 Å². The van der Waals surface area contributed by atoms with Crippen molar-refractivity contribution in [1.29, 1.82) is 0 Å². The highest BCUT2D eigenvalue weighted by Crippen LogP contribution is 2.16. The predicted molar refractivity (Wildman–Crippen MR) is 86.0 cm³/mol. The highest BCUT2D eigenvalue weighted by molar-refractivity contribution is 7.08. The van der Waals surface area contributed by atoms with E-state index in [-0.39, 0.29) is 5.91 Å². The summed E-state index contributed by atoms with van der Waals surface area (Å²) in [5.74, 6) is 0.574. The molecule has 110 valence electrons. The standard InChI is InChI=1S/C15H18N4OS/c20-15(9-12-3-8-21-11-12)18-14-2-1-13(10-17-14)19-6-4-16-5-7-19/h1-3,8,10-11,16H,4-7,9H2,(H,17,18,20). The number of rotatable bonds is 4. The second-order valence-electron chi connectivity index (χ2n) is 5.00. The second-order valence-corrected chi connectivity index (χ2v) is 5.78. The third-order valence-corrected chi connectivity index (χ3v) is 4.17. The highest BCUT2D eigenvalue weighted by atomic mass is 32.1. The topological polar surface area (TPSA) is 57.3 Å². The Balaban J connectivity index is 1.57. The van der Waals surface area contributed by atoms with E-state index in [0.29, 0.717) is 12.2 Å². The number of nitrogens with one attached hydrogen (secondary N) is 2. The average molecular weight is 302 g/mol. The third kappa shape index (κ3) is 3.80. The number of anilines is 2. The van der Waals surface area contributed by atoms with Gasteiger partial charge in [0.1, 0.15) is 5.82 Å². The number of amides is 1. The number of nitrogens with zero attached hydrogens (tertiary/aromatic N) is 2. The van der Waals surface area contributed by atoms with E-state index in [2.05, 4.69) is 20.5 Å². The molecule has 2 N–H and O–H groups in total. The number of piperazine rings is 1. The van der Waals surface area contributed by atoms with Crippen molar-refractivity contribution in [2.24, 2.45) is 0 Å². The van der Waals surface area contributed by atoms with E-state index in [1.165, 1.54) is 0 Å². The number of pyridine rings is 1.